The van der Waals surface area contributed by atoms with E-state index in [0.717, 1.165) is 6.54 Å². The average molecular weight is 222 g/mol. The Morgan fingerprint density at radius 1 is 1.38 bits per heavy atom. The molecule has 0 bridgehead atoms. The molecule has 0 aromatic carbocycles. The first-order valence-electron chi connectivity index (χ1n) is 4.74. The molecule has 16 heavy (non-hydrogen) atoms. The molecule has 0 unspecified atom stereocenters. The van der Waals surface area contributed by atoms with E-state index in [1.165, 1.54) is 0 Å². The molecular weight excluding hydrogens is 212 g/mol. The van der Waals surface area contributed by atoms with Crippen LogP contribution in [0.25, 0.3) is 0 Å². The van der Waals surface area contributed by atoms with Gasteiger partial charge in [-0.15, -0.1) is 10.2 Å². The Balaban J connectivity index is 2.05. The number of carbonyl (C=O) groups is 2. The average Bonchev–Trinajstić information content (AvgIpc) is 2.83. The molecule has 0 spiro atoms. The van der Waals surface area contributed by atoms with Gasteiger partial charge < -0.3 is 4.57 Å². The number of carbonyl (C=O) groups excluding carboxylic acids is 2. The van der Waals surface area contributed by atoms with Gasteiger partial charge in [0.25, 0.3) is 0 Å². The normalized spacial score (nSPS) is 14.9. The van der Waals surface area contributed by atoms with Crippen LogP contribution >= 0.6 is 0 Å². The number of guanidine groups is 1. The van der Waals surface area contributed by atoms with Crippen LogP contribution in [0.2, 0.25) is 0 Å². The number of aryl methyl sites for hydroxylation is 1. The second kappa shape index (κ2) is 4.09. The van der Waals surface area contributed by atoms with E-state index in [9.17, 15) is 9.59 Å². The minimum Gasteiger partial charge on any atom is -0.316 e. The third kappa shape index (κ3) is 1.90. The minimum absolute atomic E-state index is 0.153. The maximum Gasteiger partial charge on any atom is 0.316 e. The Kier molecular flexibility index (Phi) is 2.63. The molecule has 2 amide bonds. The summed E-state index contributed by atoms with van der Waals surface area (Å²) < 4.78 is 1.82. The Hall–Kier alpha value is -2.25. The fraction of sp³-hybridized carbons (Fsp3) is 0.375. The van der Waals surface area contributed by atoms with Crippen molar-refractivity contribution in [1.29, 1.82) is 0 Å². The minimum atomic E-state index is -0.698. The number of aromatic nitrogens is 3. The third-order valence-electron chi connectivity index (χ3n) is 2.09. The monoisotopic (exact) mass is 222 g/mol. The number of nitrogens with zero attached hydrogens (tertiary/aromatic N) is 4. The van der Waals surface area contributed by atoms with Crippen molar-refractivity contribution in [2.45, 2.75) is 20.0 Å². The summed E-state index contributed by atoms with van der Waals surface area (Å²) in [6, 6.07) is 0. The predicted octanol–water partition coefficient (Wildman–Crippen LogP) is -1.60. The van der Waals surface area contributed by atoms with E-state index in [1.54, 1.807) is 6.33 Å². The van der Waals surface area contributed by atoms with Crippen LogP contribution in [-0.4, -0.2) is 32.5 Å². The summed E-state index contributed by atoms with van der Waals surface area (Å²) in [7, 11) is 0. The van der Waals surface area contributed by atoms with Crippen molar-refractivity contribution in [3.05, 3.63) is 12.2 Å². The van der Waals surface area contributed by atoms with Crippen LogP contribution in [0, 0.1) is 0 Å². The summed E-state index contributed by atoms with van der Waals surface area (Å²) >= 11 is 0. The van der Waals surface area contributed by atoms with E-state index < -0.39 is 11.8 Å². The van der Waals surface area contributed by atoms with Crippen LogP contribution in [-0.2, 0) is 22.7 Å². The molecule has 84 valence electrons. The highest BCUT2D eigenvalue weighted by atomic mass is 16.2. The molecule has 2 rings (SSSR count). The Bertz CT molecular complexity index is 445. The lowest BCUT2D eigenvalue weighted by molar-refractivity contribution is -0.135. The van der Waals surface area contributed by atoms with Crippen molar-refractivity contribution in [2.24, 2.45) is 4.99 Å². The molecular formula is C8H10N6O2. The quantitative estimate of drug-likeness (QED) is 0.601. The topological polar surface area (TPSA) is 101 Å². The van der Waals surface area contributed by atoms with E-state index in [0.29, 0.717) is 5.82 Å². The van der Waals surface area contributed by atoms with Gasteiger partial charge >= 0.3 is 11.8 Å². The van der Waals surface area contributed by atoms with Crippen molar-refractivity contribution < 1.29 is 9.59 Å². The fourth-order valence-electron chi connectivity index (χ4n) is 1.25. The predicted molar refractivity (Wildman–Crippen MR) is 53.1 cm³/mol. The molecule has 0 saturated carbocycles. The van der Waals surface area contributed by atoms with E-state index >= 15 is 0 Å². The van der Waals surface area contributed by atoms with E-state index in [4.69, 9.17) is 0 Å². The van der Waals surface area contributed by atoms with Crippen molar-refractivity contribution in [3.8, 4) is 0 Å². The Labute approximate surface area is 90.8 Å². The SMILES string of the molecule is CCn1cnnc1CN=C1NC(=O)C(=O)N1. The van der Waals surface area contributed by atoms with E-state index in [2.05, 4.69) is 25.8 Å². The summed E-state index contributed by atoms with van der Waals surface area (Å²) in [6.07, 6.45) is 1.60. The van der Waals surface area contributed by atoms with Crippen LogP contribution < -0.4 is 10.6 Å². The zero-order valence-corrected chi connectivity index (χ0v) is 8.60. The largest absolute Gasteiger partial charge is 0.316 e. The lowest BCUT2D eigenvalue weighted by Crippen LogP contribution is -2.25. The molecule has 0 radical (unpaired) electrons. The lowest BCUT2D eigenvalue weighted by Gasteiger charge is -2.00. The molecule has 1 saturated heterocycles. The van der Waals surface area contributed by atoms with Crippen molar-refractivity contribution in [3.63, 3.8) is 0 Å². The molecule has 2 N–H and O–H groups in total. The third-order valence-corrected chi connectivity index (χ3v) is 2.09. The van der Waals surface area contributed by atoms with Crippen LogP contribution in [0.1, 0.15) is 12.7 Å². The highest BCUT2D eigenvalue weighted by Crippen LogP contribution is 1.97. The van der Waals surface area contributed by atoms with Gasteiger partial charge in [0.15, 0.2) is 5.82 Å². The summed E-state index contributed by atoms with van der Waals surface area (Å²) in [4.78, 5) is 25.7. The second-order valence-corrected chi connectivity index (χ2v) is 3.11. The number of aliphatic imine (C=N–C) groups is 1. The zero-order chi connectivity index (χ0) is 11.5. The molecule has 1 fully saturated rings. The molecule has 8 nitrogen and oxygen atoms in total. The molecule has 1 aliphatic rings. The Morgan fingerprint density at radius 2 is 2.06 bits per heavy atom. The standard InChI is InChI=1S/C8H10N6O2/c1-2-14-4-10-13-5(14)3-9-8-11-6(15)7(16)12-8/h4H,2-3H2,1H3,(H2,9,11,12,15,16). The molecule has 1 aliphatic heterocycles. The smallest absolute Gasteiger partial charge is 0.316 e. The Morgan fingerprint density at radius 3 is 2.69 bits per heavy atom. The first kappa shape index (κ1) is 10.3. The van der Waals surface area contributed by atoms with Gasteiger partial charge in [-0.2, -0.15) is 0 Å². The first-order valence-corrected chi connectivity index (χ1v) is 4.74. The van der Waals surface area contributed by atoms with Gasteiger partial charge in [-0.1, -0.05) is 0 Å². The maximum atomic E-state index is 10.8. The van der Waals surface area contributed by atoms with Crippen LogP contribution in [0.3, 0.4) is 0 Å². The van der Waals surface area contributed by atoms with Crippen molar-refractivity contribution >= 4 is 17.8 Å². The number of hydrogen-bond donors (Lipinski definition) is 2. The molecule has 1 aromatic rings. The van der Waals surface area contributed by atoms with Gasteiger partial charge in [-0.25, -0.2) is 4.99 Å². The highest BCUT2D eigenvalue weighted by Gasteiger charge is 2.24. The molecule has 0 aliphatic carbocycles. The number of rotatable bonds is 3. The van der Waals surface area contributed by atoms with Gasteiger partial charge in [0, 0.05) is 6.54 Å². The van der Waals surface area contributed by atoms with Crippen LogP contribution in [0.15, 0.2) is 11.3 Å². The maximum absolute atomic E-state index is 10.8. The summed E-state index contributed by atoms with van der Waals surface area (Å²) in [5.41, 5.74) is 0. The van der Waals surface area contributed by atoms with Crippen LogP contribution in [0.5, 0.6) is 0 Å². The number of hydrogen-bond acceptors (Lipinski definition) is 5. The molecule has 0 atom stereocenters. The van der Waals surface area contributed by atoms with Crippen LogP contribution in [0.4, 0.5) is 0 Å². The zero-order valence-electron chi connectivity index (χ0n) is 8.60. The van der Waals surface area contributed by atoms with Crippen molar-refractivity contribution in [1.82, 2.24) is 25.4 Å². The van der Waals surface area contributed by atoms with Crippen molar-refractivity contribution in [2.75, 3.05) is 0 Å². The summed E-state index contributed by atoms with van der Waals surface area (Å²) in [6.45, 7) is 2.95. The van der Waals surface area contributed by atoms with E-state index in [1.807, 2.05) is 11.5 Å². The second-order valence-electron chi connectivity index (χ2n) is 3.11. The summed E-state index contributed by atoms with van der Waals surface area (Å²) in [5.74, 6) is -0.572. The fourth-order valence-corrected chi connectivity index (χ4v) is 1.25. The lowest BCUT2D eigenvalue weighted by atomic mass is 10.5. The molecule has 1 aromatic heterocycles. The van der Waals surface area contributed by atoms with Gasteiger partial charge in [0.2, 0.25) is 5.96 Å². The molecule has 2 heterocycles. The van der Waals surface area contributed by atoms with Gasteiger partial charge in [-0.05, 0) is 6.92 Å². The summed E-state index contributed by atoms with van der Waals surface area (Å²) in [5, 5.41) is 12.2. The van der Waals surface area contributed by atoms with E-state index in [-0.39, 0.29) is 12.5 Å². The highest BCUT2D eigenvalue weighted by molar-refractivity contribution is 6.45. The number of amides is 2. The number of nitrogens with one attached hydrogen (secondary N) is 2. The molecule has 8 heteroatoms. The first-order chi connectivity index (χ1) is 7.70. The van der Waals surface area contributed by atoms with Gasteiger partial charge in [0.05, 0.1) is 0 Å². The van der Waals surface area contributed by atoms with Gasteiger partial charge in [-0.3, -0.25) is 20.2 Å². The van der Waals surface area contributed by atoms with Gasteiger partial charge in [0.1, 0.15) is 12.9 Å².